The molecule has 126 valence electrons. The second kappa shape index (κ2) is 7.62. The monoisotopic (exact) mass is 331 g/mol. The maximum atomic E-state index is 12.3. The third kappa shape index (κ3) is 4.23. The minimum absolute atomic E-state index is 0.137. The van der Waals surface area contributed by atoms with Crippen molar-refractivity contribution in [1.29, 1.82) is 0 Å². The van der Waals surface area contributed by atoms with Gasteiger partial charge in [-0.1, -0.05) is 42.8 Å². The number of nitrogens with zero attached hydrogens (tertiary/aromatic N) is 1. The lowest BCUT2D eigenvalue weighted by Crippen LogP contribution is -2.12. The van der Waals surface area contributed by atoms with Gasteiger partial charge in [-0.15, -0.1) is 0 Å². The number of aryl methyl sites for hydroxylation is 2. The van der Waals surface area contributed by atoms with Crippen molar-refractivity contribution < 1.29 is 4.79 Å². The van der Waals surface area contributed by atoms with Crippen LogP contribution in [0.3, 0.4) is 0 Å². The SMILES string of the molecule is CCc1ccccc1Nc1ccc(NC(=O)c2cccc(C)c2)cn1. The van der Waals surface area contributed by atoms with Gasteiger partial charge in [0.1, 0.15) is 5.82 Å². The van der Waals surface area contributed by atoms with Crippen LogP contribution < -0.4 is 10.6 Å². The van der Waals surface area contributed by atoms with Crippen molar-refractivity contribution in [3.63, 3.8) is 0 Å². The number of anilines is 3. The van der Waals surface area contributed by atoms with Crippen molar-refractivity contribution in [3.8, 4) is 0 Å². The van der Waals surface area contributed by atoms with Gasteiger partial charge in [-0.3, -0.25) is 4.79 Å². The zero-order valence-corrected chi connectivity index (χ0v) is 14.4. The molecule has 4 heteroatoms. The van der Waals surface area contributed by atoms with E-state index in [-0.39, 0.29) is 5.91 Å². The molecule has 3 rings (SSSR count). The van der Waals surface area contributed by atoms with E-state index in [0.717, 1.165) is 23.5 Å². The Morgan fingerprint density at radius 3 is 2.60 bits per heavy atom. The molecule has 0 unspecified atom stereocenters. The first kappa shape index (κ1) is 16.7. The normalized spacial score (nSPS) is 10.3. The molecule has 1 amide bonds. The van der Waals surface area contributed by atoms with Crippen LogP contribution >= 0.6 is 0 Å². The standard InChI is InChI=1S/C21H21N3O/c1-3-16-8-4-5-10-19(16)24-20-12-11-18(14-22-20)23-21(25)17-9-6-7-15(2)13-17/h4-14H,3H2,1-2H3,(H,22,24)(H,23,25). The number of amides is 1. The molecule has 0 radical (unpaired) electrons. The Morgan fingerprint density at radius 1 is 1.04 bits per heavy atom. The molecule has 0 bridgehead atoms. The summed E-state index contributed by atoms with van der Waals surface area (Å²) in [6.45, 7) is 4.09. The third-order valence-electron chi connectivity index (χ3n) is 3.96. The van der Waals surface area contributed by atoms with Crippen LogP contribution in [0, 0.1) is 6.92 Å². The number of hydrogen-bond donors (Lipinski definition) is 2. The second-order valence-electron chi connectivity index (χ2n) is 5.89. The van der Waals surface area contributed by atoms with Crippen LogP contribution in [0.4, 0.5) is 17.2 Å². The van der Waals surface area contributed by atoms with E-state index < -0.39 is 0 Å². The molecule has 0 aliphatic rings. The quantitative estimate of drug-likeness (QED) is 0.695. The molecule has 0 aliphatic heterocycles. The molecule has 1 aromatic heterocycles. The summed E-state index contributed by atoms with van der Waals surface area (Å²) >= 11 is 0. The molecule has 0 saturated carbocycles. The molecule has 0 saturated heterocycles. The molecule has 2 aromatic carbocycles. The number of pyridine rings is 1. The largest absolute Gasteiger partial charge is 0.340 e. The van der Waals surface area contributed by atoms with Crippen LogP contribution in [0.5, 0.6) is 0 Å². The summed E-state index contributed by atoms with van der Waals surface area (Å²) in [4.78, 5) is 16.7. The lowest BCUT2D eigenvalue weighted by molar-refractivity contribution is 0.102. The lowest BCUT2D eigenvalue weighted by atomic mass is 10.1. The van der Waals surface area contributed by atoms with Gasteiger partial charge < -0.3 is 10.6 Å². The van der Waals surface area contributed by atoms with E-state index in [4.69, 9.17) is 0 Å². The van der Waals surface area contributed by atoms with Crippen molar-refractivity contribution in [1.82, 2.24) is 4.98 Å². The van der Waals surface area contributed by atoms with E-state index in [1.54, 1.807) is 12.3 Å². The Morgan fingerprint density at radius 2 is 1.88 bits per heavy atom. The Hall–Kier alpha value is -3.14. The number of carbonyl (C=O) groups excluding carboxylic acids is 1. The second-order valence-corrected chi connectivity index (χ2v) is 5.89. The number of hydrogen-bond acceptors (Lipinski definition) is 3. The summed E-state index contributed by atoms with van der Waals surface area (Å²) in [5.41, 5.74) is 4.65. The fourth-order valence-electron chi connectivity index (χ4n) is 2.62. The molecule has 0 fully saturated rings. The third-order valence-corrected chi connectivity index (χ3v) is 3.96. The highest BCUT2D eigenvalue weighted by atomic mass is 16.1. The van der Waals surface area contributed by atoms with Crippen LogP contribution in [0.15, 0.2) is 66.9 Å². The first-order valence-corrected chi connectivity index (χ1v) is 8.34. The van der Waals surface area contributed by atoms with Gasteiger partial charge in [0.15, 0.2) is 0 Å². The van der Waals surface area contributed by atoms with Crippen molar-refractivity contribution >= 4 is 23.1 Å². The van der Waals surface area contributed by atoms with Gasteiger partial charge in [-0.05, 0) is 49.2 Å². The van der Waals surface area contributed by atoms with Gasteiger partial charge >= 0.3 is 0 Å². The van der Waals surface area contributed by atoms with E-state index in [1.165, 1.54) is 5.56 Å². The maximum absolute atomic E-state index is 12.3. The number of carbonyl (C=O) groups is 1. The lowest BCUT2D eigenvalue weighted by Gasteiger charge is -2.11. The fourth-order valence-corrected chi connectivity index (χ4v) is 2.62. The Balaban J connectivity index is 1.69. The summed E-state index contributed by atoms with van der Waals surface area (Å²) in [5, 5.41) is 6.19. The minimum Gasteiger partial charge on any atom is -0.340 e. The van der Waals surface area contributed by atoms with Crippen molar-refractivity contribution in [2.45, 2.75) is 20.3 Å². The van der Waals surface area contributed by atoms with Gasteiger partial charge in [0, 0.05) is 11.3 Å². The van der Waals surface area contributed by atoms with Crippen molar-refractivity contribution in [2.75, 3.05) is 10.6 Å². The molecule has 4 nitrogen and oxygen atoms in total. The van der Waals surface area contributed by atoms with Crippen molar-refractivity contribution in [2.24, 2.45) is 0 Å². The zero-order chi connectivity index (χ0) is 17.6. The molecule has 25 heavy (non-hydrogen) atoms. The predicted molar refractivity (Wildman–Crippen MR) is 102 cm³/mol. The number of aromatic nitrogens is 1. The fraction of sp³-hybridized carbons (Fsp3) is 0.143. The number of para-hydroxylation sites is 1. The van der Waals surface area contributed by atoms with Gasteiger partial charge in [0.05, 0.1) is 11.9 Å². The molecule has 0 spiro atoms. The minimum atomic E-state index is -0.137. The summed E-state index contributed by atoms with van der Waals surface area (Å²) in [7, 11) is 0. The van der Waals surface area contributed by atoms with E-state index in [9.17, 15) is 4.79 Å². The van der Waals surface area contributed by atoms with E-state index in [0.29, 0.717) is 11.3 Å². The highest BCUT2D eigenvalue weighted by Crippen LogP contribution is 2.21. The van der Waals surface area contributed by atoms with E-state index in [1.807, 2.05) is 55.5 Å². The summed E-state index contributed by atoms with van der Waals surface area (Å²) < 4.78 is 0. The van der Waals surface area contributed by atoms with Gasteiger partial charge in [-0.25, -0.2) is 4.98 Å². The molecule has 0 atom stereocenters. The average Bonchev–Trinajstić information content (AvgIpc) is 2.64. The molecule has 3 aromatic rings. The van der Waals surface area contributed by atoms with Crippen molar-refractivity contribution in [3.05, 3.63) is 83.6 Å². The van der Waals surface area contributed by atoms with E-state index >= 15 is 0 Å². The first-order valence-electron chi connectivity index (χ1n) is 8.34. The maximum Gasteiger partial charge on any atom is 0.255 e. The predicted octanol–water partition coefficient (Wildman–Crippen LogP) is 4.95. The number of rotatable bonds is 5. The number of nitrogens with one attached hydrogen (secondary N) is 2. The summed E-state index contributed by atoms with van der Waals surface area (Å²) in [5.74, 6) is 0.608. The summed E-state index contributed by atoms with van der Waals surface area (Å²) in [6.07, 6.45) is 2.61. The smallest absolute Gasteiger partial charge is 0.255 e. The topological polar surface area (TPSA) is 54.0 Å². The van der Waals surface area contributed by atoms with Gasteiger partial charge in [0.2, 0.25) is 0 Å². The van der Waals surface area contributed by atoms with Crippen LogP contribution in [-0.2, 0) is 6.42 Å². The molecule has 1 heterocycles. The van der Waals surface area contributed by atoms with E-state index in [2.05, 4.69) is 28.6 Å². The Labute approximate surface area is 147 Å². The van der Waals surface area contributed by atoms with Gasteiger partial charge in [0.25, 0.3) is 5.91 Å². The zero-order valence-electron chi connectivity index (χ0n) is 14.4. The first-order chi connectivity index (χ1) is 12.2. The van der Waals surface area contributed by atoms with Crippen LogP contribution in [0.25, 0.3) is 0 Å². The van der Waals surface area contributed by atoms with Gasteiger partial charge in [-0.2, -0.15) is 0 Å². The average molecular weight is 331 g/mol. The van der Waals surface area contributed by atoms with Crippen LogP contribution in [0.1, 0.15) is 28.4 Å². The Kier molecular flexibility index (Phi) is 5.09. The number of benzene rings is 2. The Bertz CT molecular complexity index is 872. The molecular formula is C21H21N3O. The van der Waals surface area contributed by atoms with Crippen LogP contribution in [-0.4, -0.2) is 10.9 Å². The molecule has 0 aliphatic carbocycles. The molecule has 2 N–H and O–H groups in total. The van der Waals surface area contributed by atoms with Crippen LogP contribution in [0.2, 0.25) is 0 Å². The summed E-state index contributed by atoms with van der Waals surface area (Å²) in [6, 6.07) is 19.4. The highest BCUT2D eigenvalue weighted by Gasteiger charge is 2.07. The highest BCUT2D eigenvalue weighted by molar-refractivity contribution is 6.04. The molecular weight excluding hydrogens is 310 g/mol.